The SMILES string of the molecule is O=C(c1cc2ccccc2o1)N1CCN(c2ccc([N+](=O)[O-])c(N3CCOCC3)c2)CC1. The molecule has 0 radical (unpaired) electrons. The average molecular weight is 436 g/mol. The van der Waals surface area contributed by atoms with Gasteiger partial charge in [0.1, 0.15) is 11.3 Å². The summed E-state index contributed by atoms with van der Waals surface area (Å²) in [4.78, 5) is 30.1. The fraction of sp³-hybridized carbons (Fsp3) is 0.348. The van der Waals surface area contributed by atoms with Gasteiger partial charge in [0, 0.05) is 56.4 Å². The monoisotopic (exact) mass is 436 g/mol. The summed E-state index contributed by atoms with van der Waals surface area (Å²) in [5.74, 6) is 0.239. The Balaban J connectivity index is 1.30. The number of morpholine rings is 1. The Kier molecular flexibility index (Phi) is 5.40. The standard InChI is InChI=1S/C23H24N4O5/c28-23(22-15-17-3-1-2-4-21(17)32-22)26-9-7-24(8-10-26)18-5-6-19(27(29)30)20(16-18)25-11-13-31-14-12-25/h1-6,15-16H,7-14H2. The molecule has 3 heterocycles. The van der Waals surface area contributed by atoms with Crippen LogP contribution in [-0.2, 0) is 4.74 Å². The number of furan rings is 1. The minimum Gasteiger partial charge on any atom is -0.451 e. The van der Waals surface area contributed by atoms with Crippen molar-refractivity contribution in [2.75, 3.05) is 62.3 Å². The lowest BCUT2D eigenvalue weighted by molar-refractivity contribution is -0.384. The molecule has 0 bridgehead atoms. The molecule has 0 saturated carbocycles. The number of rotatable bonds is 4. The van der Waals surface area contributed by atoms with Crippen LogP contribution in [0.1, 0.15) is 10.6 Å². The Morgan fingerprint density at radius 2 is 1.66 bits per heavy atom. The highest BCUT2D eigenvalue weighted by atomic mass is 16.6. The first-order valence-electron chi connectivity index (χ1n) is 10.7. The summed E-state index contributed by atoms with van der Waals surface area (Å²) in [5.41, 5.74) is 2.36. The molecule has 3 aromatic rings. The van der Waals surface area contributed by atoms with Crippen molar-refractivity contribution in [3.63, 3.8) is 0 Å². The molecule has 2 saturated heterocycles. The molecule has 9 nitrogen and oxygen atoms in total. The van der Waals surface area contributed by atoms with Crippen LogP contribution in [0.4, 0.5) is 17.1 Å². The van der Waals surface area contributed by atoms with Crippen molar-refractivity contribution in [1.29, 1.82) is 0 Å². The van der Waals surface area contributed by atoms with Gasteiger partial charge >= 0.3 is 0 Å². The third-order valence-corrected chi connectivity index (χ3v) is 6.08. The maximum Gasteiger partial charge on any atom is 0.292 e. The third kappa shape index (κ3) is 3.87. The number of para-hydroxylation sites is 1. The van der Waals surface area contributed by atoms with E-state index in [1.54, 1.807) is 23.1 Å². The quantitative estimate of drug-likeness (QED) is 0.458. The number of hydrogen-bond donors (Lipinski definition) is 0. The highest BCUT2D eigenvalue weighted by Gasteiger charge is 2.27. The van der Waals surface area contributed by atoms with Gasteiger partial charge in [0.2, 0.25) is 0 Å². The molecule has 0 aliphatic carbocycles. The first-order chi connectivity index (χ1) is 15.6. The number of amides is 1. The van der Waals surface area contributed by atoms with E-state index in [9.17, 15) is 14.9 Å². The molecule has 0 spiro atoms. The van der Waals surface area contributed by atoms with E-state index >= 15 is 0 Å². The van der Waals surface area contributed by atoms with Gasteiger partial charge in [-0.3, -0.25) is 14.9 Å². The Morgan fingerprint density at radius 3 is 2.38 bits per heavy atom. The van der Waals surface area contributed by atoms with Crippen molar-refractivity contribution in [3.05, 3.63) is 64.4 Å². The number of anilines is 2. The predicted octanol–water partition coefficient (Wildman–Crippen LogP) is 3.14. The van der Waals surface area contributed by atoms with Crippen LogP contribution in [0, 0.1) is 10.1 Å². The van der Waals surface area contributed by atoms with Crippen LogP contribution in [-0.4, -0.2) is 68.2 Å². The van der Waals surface area contributed by atoms with E-state index in [-0.39, 0.29) is 16.5 Å². The number of nitro groups is 1. The third-order valence-electron chi connectivity index (χ3n) is 6.08. The zero-order chi connectivity index (χ0) is 22.1. The van der Waals surface area contributed by atoms with E-state index in [1.165, 1.54) is 0 Å². The van der Waals surface area contributed by atoms with Crippen molar-refractivity contribution in [1.82, 2.24) is 4.90 Å². The molecule has 5 rings (SSSR count). The van der Waals surface area contributed by atoms with Gasteiger partial charge in [-0.05, 0) is 24.3 Å². The van der Waals surface area contributed by atoms with Crippen LogP contribution >= 0.6 is 0 Å². The Hall–Kier alpha value is -3.59. The molecule has 32 heavy (non-hydrogen) atoms. The highest BCUT2D eigenvalue weighted by Crippen LogP contribution is 2.33. The number of hydrogen-bond acceptors (Lipinski definition) is 7. The van der Waals surface area contributed by atoms with Crippen LogP contribution in [0.5, 0.6) is 0 Å². The fourth-order valence-corrected chi connectivity index (χ4v) is 4.33. The van der Waals surface area contributed by atoms with E-state index < -0.39 is 0 Å². The minimum absolute atomic E-state index is 0.106. The van der Waals surface area contributed by atoms with Gasteiger partial charge in [-0.1, -0.05) is 18.2 Å². The Labute approximate surface area is 184 Å². The smallest absolute Gasteiger partial charge is 0.292 e. The summed E-state index contributed by atoms with van der Waals surface area (Å²) in [6.45, 7) is 4.78. The molecule has 2 fully saturated rings. The summed E-state index contributed by atoms with van der Waals surface area (Å²) in [5, 5.41) is 12.5. The fourth-order valence-electron chi connectivity index (χ4n) is 4.33. The molecule has 2 aliphatic rings. The van der Waals surface area contributed by atoms with Gasteiger partial charge in [0.05, 0.1) is 18.1 Å². The van der Waals surface area contributed by atoms with Gasteiger partial charge in [-0.2, -0.15) is 0 Å². The van der Waals surface area contributed by atoms with Gasteiger partial charge < -0.3 is 23.9 Å². The molecule has 9 heteroatoms. The number of nitro benzene ring substituents is 1. The lowest BCUT2D eigenvalue weighted by Gasteiger charge is -2.36. The lowest BCUT2D eigenvalue weighted by atomic mass is 10.1. The van der Waals surface area contributed by atoms with Crippen molar-refractivity contribution >= 4 is 33.9 Å². The van der Waals surface area contributed by atoms with Gasteiger partial charge in [-0.25, -0.2) is 0 Å². The molecular formula is C23H24N4O5. The normalized spacial score (nSPS) is 17.1. The number of nitrogens with zero attached hydrogens (tertiary/aromatic N) is 4. The number of carbonyl (C=O) groups excluding carboxylic acids is 1. The minimum atomic E-state index is -0.335. The van der Waals surface area contributed by atoms with Crippen molar-refractivity contribution in [3.8, 4) is 0 Å². The molecule has 2 aromatic carbocycles. The second-order valence-corrected chi connectivity index (χ2v) is 7.96. The molecule has 1 aromatic heterocycles. The molecule has 1 amide bonds. The average Bonchev–Trinajstić information content (AvgIpc) is 3.28. The Bertz CT molecular complexity index is 1110. The zero-order valence-electron chi connectivity index (χ0n) is 17.6. The van der Waals surface area contributed by atoms with Crippen molar-refractivity contribution in [2.24, 2.45) is 0 Å². The number of benzene rings is 2. The molecule has 0 N–H and O–H groups in total. The van der Waals surface area contributed by atoms with Crippen LogP contribution in [0.15, 0.2) is 52.9 Å². The van der Waals surface area contributed by atoms with E-state index in [0.29, 0.717) is 69.5 Å². The van der Waals surface area contributed by atoms with E-state index in [0.717, 1.165) is 11.1 Å². The van der Waals surface area contributed by atoms with E-state index in [1.807, 2.05) is 35.2 Å². The summed E-state index contributed by atoms with van der Waals surface area (Å²) in [7, 11) is 0. The van der Waals surface area contributed by atoms with E-state index in [2.05, 4.69) is 4.90 Å². The Morgan fingerprint density at radius 1 is 0.906 bits per heavy atom. The largest absolute Gasteiger partial charge is 0.451 e. The molecule has 0 atom stereocenters. The summed E-state index contributed by atoms with van der Waals surface area (Å²) in [6.07, 6.45) is 0. The van der Waals surface area contributed by atoms with Gasteiger partial charge in [-0.15, -0.1) is 0 Å². The second kappa shape index (κ2) is 8.51. The number of carbonyl (C=O) groups is 1. The van der Waals surface area contributed by atoms with Crippen LogP contribution in [0.3, 0.4) is 0 Å². The first kappa shape index (κ1) is 20.3. The molecule has 0 unspecified atom stereocenters. The van der Waals surface area contributed by atoms with Crippen molar-refractivity contribution in [2.45, 2.75) is 0 Å². The molecule has 2 aliphatic heterocycles. The highest BCUT2D eigenvalue weighted by molar-refractivity contribution is 5.96. The number of ether oxygens (including phenoxy) is 1. The maximum atomic E-state index is 12.9. The number of piperazine rings is 1. The summed E-state index contributed by atoms with van der Waals surface area (Å²) >= 11 is 0. The second-order valence-electron chi connectivity index (χ2n) is 7.96. The predicted molar refractivity (Wildman–Crippen MR) is 120 cm³/mol. The zero-order valence-corrected chi connectivity index (χ0v) is 17.6. The first-order valence-corrected chi connectivity index (χ1v) is 10.7. The number of fused-ring (bicyclic) bond motifs is 1. The van der Waals surface area contributed by atoms with Crippen LogP contribution in [0.2, 0.25) is 0 Å². The van der Waals surface area contributed by atoms with Crippen LogP contribution in [0.25, 0.3) is 11.0 Å². The summed E-state index contributed by atoms with van der Waals surface area (Å²) < 4.78 is 11.1. The maximum absolute atomic E-state index is 12.9. The van der Waals surface area contributed by atoms with E-state index in [4.69, 9.17) is 9.15 Å². The van der Waals surface area contributed by atoms with Gasteiger partial charge in [0.25, 0.3) is 11.6 Å². The molecule has 166 valence electrons. The summed E-state index contributed by atoms with van der Waals surface area (Å²) in [6, 6.07) is 14.6. The van der Waals surface area contributed by atoms with Gasteiger partial charge in [0.15, 0.2) is 5.76 Å². The topological polar surface area (TPSA) is 92.3 Å². The lowest BCUT2D eigenvalue weighted by Crippen LogP contribution is -2.48. The van der Waals surface area contributed by atoms with Crippen molar-refractivity contribution < 1.29 is 18.9 Å². The molecular weight excluding hydrogens is 412 g/mol. The van der Waals surface area contributed by atoms with Crippen LogP contribution < -0.4 is 9.80 Å².